The molecule has 1 aliphatic carbocycles. The normalized spacial score (nSPS) is 18.0. The Hall–Kier alpha value is -1.31. The lowest BCUT2D eigenvalue weighted by Gasteiger charge is -2.23. The van der Waals surface area contributed by atoms with Crippen molar-refractivity contribution in [3.8, 4) is 5.75 Å². The summed E-state index contributed by atoms with van der Waals surface area (Å²) >= 11 is 0. The van der Waals surface area contributed by atoms with E-state index in [1.165, 1.54) is 12.8 Å². The predicted molar refractivity (Wildman–Crippen MR) is 68.5 cm³/mol. The van der Waals surface area contributed by atoms with Crippen molar-refractivity contribution in [2.75, 3.05) is 6.61 Å². The first-order valence-electron chi connectivity index (χ1n) is 6.44. The molecule has 0 radical (unpaired) electrons. The Morgan fingerprint density at radius 3 is 2.59 bits per heavy atom. The summed E-state index contributed by atoms with van der Waals surface area (Å²) in [5.41, 5.74) is 0.575. The molecular formula is C15H20O2. The molecule has 1 aromatic carbocycles. The number of hydrogen-bond acceptors (Lipinski definition) is 2. The van der Waals surface area contributed by atoms with Crippen molar-refractivity contribution in [3.63, 3.8) is 0 Å². The molecule has 17 heavy (non-hydrogen) atoms. The summed E-state index contributed by atoms with van der Waals surface area (Å²) in [5.74, 6) is 0.979. The Morgan fingerprint density at radius 2 is 1.94 bits per heavy atom. The Balaban J connectivity index is 2.30. The topological polar surface area (TPSA) is 26.3 Å². The van der Waals surface area contributed by atoms with Crippen LogP contribution in [0.2, 0.25) is 0 Å². The second kappa shape index (κ2) is 4.91. The number of Topliss-reactive ketones (excluding diaryl/α,β-unsaturated/α-hetero) is 1. The number of carbonyl (C=O) groups excluding carboxylic acids is 1. The van der Waals surface area contributed by atoms with Crippen LogP contribution in [0.5, 0.6) is 5.75 Å². The largest absolute Gasteiger partial charge is 0.493 e. The van der Waals surface area contributed by atoms with Crippen molar-refractivity contribution in [3.05, 3.63) is 29.8 Å². The monoisotopic (exact) mass is 232 g/mol. The SMILES string of the molecule is CCOc1ccccc1C(=O)C1(C)CCCC1. The number of ketones is 1. The predicted octanol–water partition coefficient (Wildman–Crippen LogP) is 3.85. The first kappa shape index (κ1) is 12.2. The lowest BCUT2D eigenvalue weighted by Crippen LogP contribution is -2.24. The molecule has 1 saturated carbocycles. The molecule has 2 rings (SSSR count). The van der Waals surface area contributed by atoms with Crippen LogP contribution in [0.4, 0.5) is 0 Å². The number of para-hydroxylation sites is 1. The van der Waals surface area contributed by atoms with Crippen LogP contribution in [-0.2, 0) is 0 Å². The van der Waals surface area contributed by atoms with Crippen molar-refractivity contribution in [2.24, 2.45) is 5.41 Å². The van der Waals surface area contributed by atoms with Gasteiger partial charge in [-0.25, -0.2) is 0 Å². The molecule has 1 aromatic rings. The zero-order chi connectivity index (χ0) is 12.3. The van der Waals surface area contributed by atoms with Gasteiger partial charge in [0.1, 0.15) is 5.75 Å². The molecule has 0 heterocycles. The van der Waals surface area contributed by atoms with Gasteiger partial charge < -0.3 is 4.74 Å². The Morgan fingerprint density at radius 1 is 1.29 bits per heavy atom. The minimum absolute atomic E-state index is 0.173. The molecular weight excluding hydrogens is 212 g/mol. The van der Waals surface area contributed by atoms with Crippen molar-refractivity contribution in [2.45, 2.75) is 39.5 Å². The summed E-state index contributed by atoms with van der Waals surface area (Å²) in [5, 5.41) is 0. The van der Waals surface area contributed by atoms with Crippen molar-refractivity contribution in [1.29, 1.82) is 0 Å². The van der Waals surface area contributed by atoms with Gasteiger partial charge >= 0.3 is 0 Å². The van der Waals surface area contributed by atoms with Crippen LogP contribution in [0.1, 0.15) is 49.9 Å². The molecule has 0 atom stereocenters. The van der Waals surface area contributed by atoms with Gasteiger partial charge in [-0.05, 0) is 31.9 Å². The van der Waals surface area contributed by atoms with Gasteiger partial charge in [-0.2, -0.15) is 0 Å². The summed E-state index contributed by atoms with van der Waals surface area (Å²) in [7, 11) is 0. The van der Waals surface area contributed by atoms with E-state index in [1.807, 2.05) is 31.2 Å². The standard InChI is InChI=1S/C15H20O2/c1-3-17-13-9-5-4-8-12(13)14(16)15(2)10-6-7-11-15/h4-5,8-9H,3,6-7,10-11H2,1-2H3. The third-order valence-electron chi connectivity index (χ3n) is 3.69. The van der Waals surface area contributed by atoms with Crippen LogP contribution >= 0.6 is 0 Å². The summed E-state index contributed by atoms with van der Waals surface area (Å²) in [6.45, 7) is 4.63. The second-order valence-electron chi connectivity index (χ2n) is 5.03. The zero-order valence-electron chi connectivity index (χ0n) is 10.7. The average Bonchev–Trinajstić information content (AvgIpc) is 2.78. The maximum Gasteiger partial charge on any atom is 0.172 e. The van der Waals surface area contributed by atoms with Gasteiger partial charge in [-0.1, -0.05) is 31.9 Å². The van der Waals surface area contributed by atoms with E-state index >= 15 is 0 Å². The average molecular weight is 232 g/mol. The van der Waals surface area contributed by atoms with E-state index in [0.29, 0.717) is 6.61 Å². The van der Waals surface area contributed by atoms with Gasteiger partial charge in [-0.3, -0.25) is 4.79 Å². The van der Waals surface area contributed by atoms with Gasteiger partial charge in [0, 0.05) is 5.41 Å². The number of ether oxygens (including phenoxy) is 1. The number of hydrogen-bond donors (Lipinski definition) is 0. The van der Waals surface area contributed by atoms with Crippen molar-refractivity contribution >= 4 is 5.78 Å². The fraction of sp³-hybridized carbons (Fsp3) is 0.533. The van der Waals surface area contributed by atoms with E-state index in [0.717, 1.165) is 24.2 Å². The van der Waals surface area contributed by atoms with Gasteiger partial charge in [0.05, 0.1) is 12.2 Å². The molecule has 0 spiro atoms. The van der Waals surface area contributed by atoms with E-state index in [-0.39, 0.29) is 11.2 Å². The molecule has 0 N–H and O–H groups in total. The van der Waals surface area contributed by atoms with E-state index < -0.39 is 0 Å². The quantitative estimate of drug-likeness (QED) is 0.737. The molecule has 0 saturated heterocycles. The van der Waals surface area contributed by atoms with Crippen LogP contribution in [0.25, 0.3) is 0 Å². The van der Waals surface area contributed by atoms with Crippen LogP contribution in [0.3, 0.4) is 0 Å². The molecule has 0 bridgehead atoms. The summed E-state index contributed by atoms with van der Waals surface area (Å²) in [6, 6.07) is 7.60. The molecule has 0 aliphatic heterocycles. The smallest absolute Gasteiger partial charge is 0.172 e. The highest BCUT2D eigenvalue weighted by molar-refractivity contribution is 6.02. The number of rotatable bonds is 4. The van der Waals surface area contributed by atoms with Crippen LogP contribution in [-0.4, -0.2) is 12.4 Å². The third-order valence-corrected chi connectivity index (χ3v) is 3.69. The summed E-state index contributed by atoms with van der Waals surface area (Å²) in [4.78, 5) is 12.6. The summed E-state index contributed by atoms with van der Waals surface area (Å²) < 4.78 is 5.54. The van der Waals surface area contributed by atoms with Gasteiger partial charge in [-0.15, -0.1) is 0 Å². The first-order chi connectivity index (χ1) is 8.17. The van der Waals surface area contributed by atoms with Crippen LogP contribution in [0.15, 0.2) is 24.3 Å². The van der Waals surface area contributed by atoms with Gasteiger partial charge in [0.2, 0.25) is 0 Å². The molecule has 1 aliphatic rings. The van der Waals surface area contributed by atoms with E-state index in [2.05, 4.69) is 6.92 Å². The van der Waals surface area contributed by atoms with Crippen molar-refractivity contribution in [1.82, 2.24) is 0 Å². The van der Waals surface area contributed by atoms with Gasteiger partial charge in [0.25, 0.3) is 0 Å². The molecule has 2 heteroatoms. The van der Waals surface area contributed by atoms with Gasteiger partial charge in [0.15, 0.2) is 5.78 Å². The highest BCUT2D eigenvalue weighted by Gasteiger charge is 2.37. The lowest BCUT2D eigenvalue weighted by molar-refractivity contribution is 0.0819. The van der Waals surface area contributed by atoms with E-state index in [9.17, 15) is 4.79 Å². The maximum absolute atomic E-state index is 12.6. The summed E-state index contributed by atoms with van der Waals surface area (Å²) in [6.07, 6.45) is 4.34. The molecule has 1 fully saturated rings. The highest BCUT2D eigenvalue weighted by Crippen LogP contribution is 2.41. The zero-order valence-corrected chi connectivity index (χ0v) is 10.7. The Labute approximate surface area is 103 Å². The second-order valence-corrected chi connectivity index (χ2v) is 5.03. The Kier molecular flexibility index (Phi) is 3.51. The molecule has 2 nitrogen and oxygen atoms in total. The fourth-order valence-electron chi connectivity index (χ4n) is 2.64. The first-order valence-corrected chi connectivity index (χ1v) is 6.44. The van der Waals surface area contributed by atoms with Crippen LogP contribution in [0, 0.1) is 5.41 Å². The fourth-order valence-corrected chi connectivity index (χ4v) is 2.64. The van der Waals surface area contributed by atoms with Crippen LogP contribution < -0.4 is 4.74 Å². The molecule has 0 aromatic heterocycles. The highest BCUT2D eigenvalue weighted by atomic mass is 16.5. The van der Waals surface area contributed by atoms with E-state index in [1.54, 1.807) is 0 Å². The Bertz CT molecular complexity index is 403. The molecule has 92 valence electrons. The minimum Gasteiger partial charge on any atom is -0.493 e. The molecule has 0 amide bonds. The lowest BCUT2D eigenvalue weighted by atomic mass is 9.80. The van der Waals surface area contributed by atoms with E-state index in [4.69, 9.17) is 4.74 Å². The van der Waals surface area contributed by atoms with Crippen molar-refractivity contribution < 1.29 is 9.53 Å². The maximum atomic E-state index is 12.6. The number of carbonyl (C=O) groups is 1. The number of benzene rings is 1. The molecule has 0 unspecified atom stereocenters. The minimum atomic E-state index is -0.173. The third kappa shape index (κ3) is 2.36.